The summed E-state index contributed by atoms with van der Waals surface area (Å²) in [6, 6.07) is 20.0. The fraction of sp³-hybridized carbons (Fsp3) is 0.294. The Kier molecular flexibility index (Phi) is 5.17. The molecule has 2 heteroatoms. The lowest BCUT2D eigenvalue weighted by molar-refractivity contribution is 0.477. The molecule has 2 rings (SSSR count). The minimum Gasteiger partial charge on any atom is -0.307 e. The Balaban J connectivity index is 1.91. The Morgan fingerprint density at radius 2 is 1.58 bits per heavy atom. The van der Waals surface area contributed by atoms with Gasteiger partial charge in [0, 0.05) is 16.6 Å². The molecule has 0 bridgehead atoms. The van der Waals surface area contributed by atoms with E-state index in [1.807, 2.05) is 0 Å². The predicted molar refractivity (Wildman–Crippen MR) is 85.3 cm³/mol. The second-order valence-electron chi connectivity index (χ2n) is 5.03. The van der Waals surface area contributed by atoms with Crippen LogP contribution in [0.5, 0.6) is 0 Å². The van der Waals surface area contributed by atoms with Gasteiger partial charge in [-0.3, -0.25) is 0 Å². The molecule has 0 heterocycles. The highest BCUT2D eigenvalue weighted by Gasteiger charge is 2.09. The maximum absolute atomic E-state index is 3.65. The van der Waals surface area contributed by atoms with Gasteiger partial charge in [-0.1, -0.05) is 58.4 Å². The fourth-order valence-corrected chi connectivity index (χ4v) is 2.57. The van der Waals surface area contributed by atoms with Gasteiger partial charge in [-0.2, -0.15) is 0 Å². The summed E-state index contributed by atoms with van der Waals surface area (Å²) in [5.41, 5.74) is 2.70. The first-order chi connectivity index (χ1) is 9.15. The Hall–Kier alpha value is -1.12. The van der Waals surface area contributed by atoms with Crippen molar-refractivity contribution in [1.29, 1.82) is 0 Å². The first-order valence-corrected chi connectivity index (χ1v) is 7.50. The van der Waals surface area contributed by atoms with Crippen molar-refractivity contribution in [2.45, 2.75) is 32.4 Å². The van der Waals surface area contributed by atoms with Crippen molar-refractivity contribution in [3.63, 3.8) is 0 Å². The lowest BCUT2D eigenvalue weighted by Crippen LogP contribution is -2.30. The average Bonchev–Trinajstić information content (AvgIpc) is 2.40. The molecule has 2 aromatic rings. The van der Waals surface area contributed by atoms with Crippen LogP contribution in [0.3, 0.4) is 0 Å². The van der Waals surface area contributed by atoms with Gasteiger partial charge in [0.1, 0.15) is 0 Å². The van der Waals surface area contributed by atoms with Crippen molar-refractivity contribution in [2.75, 3.05) is 0 Å². The van der Waals surface area contributed by atoms with E-state index in [1.165, 1.54) is 11.1 Å². The topological polar surface area (TPSA) is 12.0 Å². The van der Waals surface area contributed by atoms with Gasteiger partial charge in [-0.05, 0) is 43.5 Å². The van der Waals surface area contributed by atoms with Crippen molar-refractivity contribution in [3.8, 4) is 0 Å². The van der Waals surface area contributed by atoms with Gasteiger partial charge in [-0.15, -0.1) is 0 Å². The largest absolute Gasteiger partial charge is 0.307 e. The normalized spacial score (nSPS) is 14.1. The lowest BCUT2D eigenvalue weighted by Gasteiger charge is -2.20. The van der Waals surface area contributed by atoms with Crippen molar-refractivity contribution in [2.24, 2.45) is 0 Å². The molecule has 0 aromatic heterocycles. The zero-order chi connectivity index (χ0) is 13.7. The summed E-state index contributed by atoms with van der Waals surface area (Å²) < 4.78 is 1.13. The number of nitrogens with one attached hydrogen (secondary N) is 1. The molecule has 1 N–H and O–H groups in total. The number of rotatable bonds is 5. The molecule has 0 amide bonds. The highest BCUT2D eigenvalue weighted by atomic mass is 79.9. The van der Waals surface area contributed by atoms with Crippen LogP contribution in [-0.4, -0.2) is 6.04 Å². The third-order valence-electron chi connectivity index (χ3n) is 3.29. The third kappa shape index (κ3) is 4.48. The van der Waals surface area contributed by atoms with Crippen LogP contribution in [0.15, 0.2) is 59.1 Å². The van der Waals surface area contributed by atoms with E-state index in [4.69, 9.17) is 0 Å². The Morgan fingerprint density at radius 3 is 2.21 bits per heavy atom. The average molecular weight is 318 g/mol. The molecule has 2 atom stereocenters. The van der Waals surface area contributed by atoms with Gasteiger partial charge in [0.15, 0.2) is 0 Å². The molecule has 100 valence electrons. The molecule has 0 aliphatic rings. The zero-order valence-corrected chi connectivity index (χ0v) is 13.0. The molecule has 1 unspecified atom stereocenters. The van der Waals surface area contributed by atoms with Crippen LogP contribution >= 0.6 is 15.9 Å². The third-order valence-corrected chi connectivity index (χ3v) is 3.82. The SMILES string of the molecule is CC(Cc1ccccc1)N[C@@H](C)c1ccc(Br)cc1. The molecular formula is C17H20BrN. The summed E-state index contributed by atoms with van der Waals surface area (Å²) in [4.78, 5) is 0. The van der Waals surface area contributed by atoms with Crippen LogP contribution in [0.4, 0.5) is 0 Å². The molecule has 0 saturated carbocycles. The summed E-state index contributed by atoms with van der Waals surface area (Å²) in [6.07, 6.45) is 1.06. The second kappa shape index (κ2) is 6.88. The van der Waals surface area contributed by atoms with Crippen molar-refractivity contribution >= 4 is 15.9 Å². The van der Waals surface area contributed by atoms with Crippen molar-refractivity contribution in [1.82, 2.24) is 5.32 Å². The van der Waals surface area contributed by atoms with E-state index < -0.39 is 0 Å². The highest BCUT2D eigenvalue weighted by molar-refractivity contribution is 9.10. The Bertz CT molecular complexity index is 492. The summed E-state index contributed by atoms with van der Waals surface area (Å²) >= 11 is 3.47. The Labute approximate surface area is 124 Å². The highest BCUT2D eigenvalue weighted by Crippen LogP contribution is 2.17. The molecule has 0 radical (unpaired) electrons. The van der Waals surface area contributed by atoms with Gasteiger partial charge in [-0.25, -0.2) is 0 Å². The maximum Gasteiger partial charge on any atom is 0.0294 e. The van der Waals surface area contributed by atoms with Crippen LogP contribution in [0.25, 0.3) is 0 Å². The van der Waals surface area contributed by atoms with E-state index in [1.54, 1.807) is 0 Å². The van der Waals surface area contributed by atoms with Crippen LogP contribution in [0, 0.1) is 0 Å². The van der Waals surface area contributed by atoms with Gasteiger partial charge >= 0.3 is 0 Å². The first-order valence-electron chi connectivity index (χ1n) is 6.70. The summed E-state index contributed by atoms with van der Waals surface area (Å²) in [6.45, 7) is 4.45. The molecule has 0 aliphatic carbocycles. The van der Waals surface area contributed by atoms with Gasteiger partial charge in [0.2, 0.25) is 0 Å². The molecule has 1 nitrogen and oxygen atoms in total. The van der Waals surface area contributed by atoms with Gasteiger partial charge in [0.05, 0.1) is 0 Å². The lowest BCUT2D eigenvalue weighted by atomic mass is 10.0. The maximum atomic E-state index is 3.65. The van der Waals surface area contributed by atoms with E-state index in [0.29, 0.717) is 12.1 Å². The van der Waals surface area contributed by atoms with Crippen molar-refractivity contribution < 1.29 is 0 Å². The van der Waals surface area contributed by atoms with Crippen LogP contribution in [0.1, 0.15) is 31.0 Å². The minimum atomic E-state index is 0.367. The smallest absolute Gasteiger partial charge is 0.0294 e. The van der Waals surface area contributed by atoms with Crippen molar-refractivity contribution in [3.05, 3.63) is 70.2 Å². The first kappa shape index (κ1) is 14.3. The molecule has 19 heavy (non-hydrogen) atoms. The number of hydrogen-bond acceptors (Lipinski definition) is 1. The number of benzene rings is 2. The van der Waals surface area contributed by atoms with E-state index in [9.17, 15) is 0 Å². The fourth-order valence-electron chi connectivity index (χ4n) is 2.30. The molecular weight excluding hydrogens is 298 g/mol. The van der Waals surface area contributed by atoms with Crippen LogP contribution in [-0.2, 0) is 6.42 Å². The molecule has 0 spiro atoms. The monoisotopic (exact) mass is 317 g/mol. The summed E-state index contributed by atoms with van der Waals surface area (Å²) in [7, 11) is 0. The van der Waals surface area contributed by atoms with E-state index in [0.717, 1.165) is 10.9 Å². The predicted octanol–water partition coefficient (Wildman–Crippen LogP) is 4.73. The van der Waals surface area contributed by atoms with E-state index in [-0.39, 0.29) is 0 Å². The Morgan fingerprint density at radius 1 is 0.947 bits per heavy atom. The van der Waals surface area contributed by atoms with Crippen LogP contribution < -0.4 is 5.32 Å². The van der Waals surface area contributed by atoms with E-state index >= 15 is 0 Å². The second-order valence-corrected chi connectivity index (χ2v) is 5.95. The van der Waals surface area contributed by atoms with Crippen LogP contribution in [0.2, 0.25) is 0 Å². The quantitative estimate of drug-likeness (QED) is 0.840. The number of hydrogen-bond donors (Lipinski definition) is 1. The molecule has 0 saturated heterocycles. The molecule has 2 aromatic carbocycles. The van der Waals surface area contributed by atoms with Gasteiger partial charge in [0.25, 0.3) is 0 Å². The standard InChI is InChI=1S/C17H20BrN/c1-13(12-15-6-4-3-5-7-15)19-14(2)16-8-10-17(18)11-9-16/h3-11,13-14,19H,12H2,1-2H3/t13?,14-/m0/s1. The molecule has 0 fully saturated rings. The van der Waals surface area contributed by atoms with Gasteiger partial charge < -0.3 is 5.32 Å². The summed E-state index contributed by atoms with van der Waals surface area (Å²) in [5.74, 6) is 0. The number of halogens is 1. The zero-order valence-electron chi connectivity index (χ0n) is 11.4. The minimum absolute atomic E-state index is 0.367. The van der Waals surface area contributed by atoms with E-state index in [2.05, 4.69) is 89.7 Å². The molecule has 0 aliphatic heterocycles. The summed E-state index contributed by atoms with van der Waals surface area (Å²) in [5, 5.41) is 3.65.